The number of aliphatic hydroxyl groups is 1. The van der Waals surface area contributed by atoms with E-state index in [0.717, 1.165) is 30.4 Å². The number of aryl methyl sites for hydroxylation is 1. The van der Waals surface area contributed by atoms with Crippen LogP contribution in [-0.2, 0) is 12.0 Å². The van der Waals surface area contributed by atoms with Crippen molar-refractivity contribution in [2.45, 2.75) is 31.3 Å². The molecule has 0 fully saturated rings. The molecule has 0 amide bonds. The van der Waals surface area contributed by atoms with E-state index in [0.29, 0.717) is 6.42 Å². The van der Waals surface area contributed by atoms with Gasteiger partial charge in [-0.1, -0.05) is 24.3 Å². The van der Waals surface area contributed by atoms with Gasteiger partial charge in [-0.2, -0.15) is 0 Å². The van der Waals surface area contributed by atoms with Crippen LogP contribution in [0.2, 0.25) is 0 Å². The van der Waals surface area contributed by atoms with Gasteiger partial charge in [0.05, 0.1) is 6.26 Å². The van der Waals surface area contributed by atoms with E-state index in [4.69, 9.17) is 4.42 Å². The summed E-state index contributed by atoms with van der Waals surface area (Å²) < 4.78 is 5.35. The maximum absolute atomic E-state index is 11.3. The van der Waals surface area contributed by atoms with Crippen molar-refractivity contribution in [3.8, 4) is 0 Å². The lowest BCUT2D eigenvalue weighted by Crippen LogP contribution is -2.29. The van der Waals surface area contributed by atoms with Crippen molar-refractivity contribution in [3.05, 3.63) is 59.0 Å². The highest BCUT2D eigenvalue weighted by Gasteiger charge is 2.40. The highest BCUT2D eigenvalue weighted by Crippen LogP contribution is 2.41. The number of carbonyl (C=O) groups is 1. The van der Waals surface area contributed by atoms with Crippen LogP contribution in [0.5, 0.6) is 0 Å². The van der Waals surface area contributed by atoms with Gasteiger partial charge in [0.2, 0.25) is 0 Å². The zero-order chi connectivity index (χ0) is 14.2. The Kier molecular flexibility index (Phi) is 3.10. The number of rotatable bonds is 2. The van der Waals surface area contributed by atoms with Crippen LogP contribution in [0.1, 0.15) is 46.5 Å². The van der Waals surface area contributed by atoms with Crippen molar-refractivity contribution >= 4 is 5.97 Å². The molecule has 2 N–H and O–H groups in total. The molecule has 1 aromatic carbocycles. The number of benzene rings is 1. The minimum absolute atomic E-state index is 0.0317. The molecule has 0 bridgehead atoms. The third-order valence-electron chi connectivity index (χ3n) is 3.97. The second-order valence-corrected chi connectivity index (χ2v) is 5.19. The standard InChI is InChI=1S/C16H16O4/c17-15(18)12-8-10-20-14(12)16(19)9-4-3-6-11-5-1-2-7-13(11)16/h1-2,5,7-8,10,19H,3-4,6,9H2,(H,17,18). The van der Waals surface area contributed by atoms with Crippen molar-refractivity contribution in [3.63, 3.8) is 0 Å². The zero-order valence-electron chi connectivity index (χ0n) is 11.0. The van der Waals surface area contributed by atoms with E-state index >= 15 is 0 Å². The molecule has 0 radical (unpaired) electrons. The monoisotopic (exact) mass is 272 g/mol. The molecule has 0 saturated carbocycles. The summed E-state index contributed by atoms with van der Waals surface area (Å²) in [5.41, 5.74) is 0.490. The average Bonchev–Trinajstić information content (AvgIpc) is 2.88. The fraction of sp³-hybridized carbons (Fsp3) is 0.312. The Morgan fingerprint density at radius 3 is 2.80 bits per heavy atom. The van der Waals surface area contributed by atoms with E-state index < -0.39 is 11.6 Å². The maximum Gasteiger partial charge on any atom is 0.339 e. The van der Waals surface area contributed by atoms with Crippen molar-refractivity contribution in [2.75, 3.05) is 0 Å². The molecule has 20 heavy (non-hydrogen) atoms. The molecule has 2 aromatic rings. The number of furan rings is 1. The predicted molar refractivity (Wildman–Crippen MR) is 72.7 cm³/mol. The molecule has 0 aliphatic heterocycles. The maximum atomic E-state index is 11.3. The molecule has 0 saturated heterocycles. The summed E-state index contributed by atoms with van der Waals surface area (Å²) in [7, 11) is 0. The van der Waals surface area contributed by atoms with Crippen LogP contribution in [0.3, 0.4) is 0 Å². The largest absolute Gasteiger partial charge is 0.478 e. The van der Waals surface area contributed by atoms with Gasteiger partial charge in [0.25, 0.3) is 0 Å². The Bertz CT molecular complexity index is 643. The topological polar surface area (TPSA) is 70.7 Å². The molecule has 4 heteroatoms. The van der Waals surface area contributed by atoms with Gasteiger partial charge in [0.1, 0.15) is 11.2 Å². The first-order valence-electron chi connectivity index (χ1n) is 6.75. The van der Waals surface area contributed by atoms with Gasteiger partial charge in [0, 0.05) is 0 Å². The third kappa shape index (κ3) is 1.93. The van der Waals surface area contributed by atoms with E-state index in [1.165, 1.54) is 12.3 Å². The summed E-state index contributed by atoms with van der Waals surface area (Å²) in [6, 6.07) is 9.02. The Hall–Kier alpha value is -2.07. The summed E-state index contributed by atoms with van der Waals surface area (Å²) >= 11 is 0. The van der Waals surface area contributed by atoms with Crippen molar-refractivity contribution in [1.82, 2.24) is 0 Å². The lowest BCUT2D eigenvalue weighted by molar-refractivity contribution is 0.0427. The molecule has 3 rings (SSSR count). The second-order valence-electron chi connectivity index (χ2n) is 5.19. The fourth-order valence-corrected chi connectivity index (χ4v) is 3.01. The number of hydrogen-bond acceptors (Lipinski definition) is 3. The Balaban J connectivity index is 2.20. The molecular weight excluding hydrogens is 256 g/mol. The van der Waals surface area contributed by atoms with Crippen LogP contribution in [0.15, 0.2) is 41.0 Å². The molecule has 1 aliphatic rings. The van der Waals surface area contributed by atoms with Crippen LogP contribution in [0.25, 0.3) is 0 Å². The highest BCUT2D eigenvalue weighted by atomic mass is 16.4. The Morgan fingerprint density at radius 1 is 1.20 bits per heavy atom. The Morgan fingerprint density at radius 2 is 2.00 bits per heavy atom. The number of hydrogen-bond donors (Lipinski definition) is 2. The molecule has 1 aromatic heterocycles. The van der Waals surface area contributed by atoms with Crippen molar-refractivity contribution in [2.24, 2.45) is 0 Å². The highest BCUT2D eigenvalue weighted by molar-refractivity contribution is 5.89. The second kappa shape index (κ2) is 4.80. The molecule has 1 atom stereocenters. The normalized spacial score (nSPS) is 22.1. The smallest absolute Gasteiger partial charge is 0.339 e. The summed E-state index contributed by atoms with van der Waals surface area (Å²) in [5, 5.41) is 20.4. The van der Waals surface area contributed by atoms with Crippen LogP contribution in [0, 0.1) is 0 Å². The van der Waals surface area contributed by atoms with E-state index in [1.807, 2.05) is 24.3 Å². The van der Waals surface area contributed by atoms with Crippen molar-refractivity contribution in [1.29, 1.82) is 0 Å². The summed E-state index contributed by atoms with van der Waals surface area (Å²) in [4.78, 5) is 11.3. The number of carboxylic acids is 1. The van der Waals surface area contributed by atoms with Crippen LogP contribution in [0.4, 0.5) is 0 Å². The van der Waals surface area contributed by atoms with Gasteiger partial charge in [-0.3, -0.25) is 0 Å². The van der Waals surface area contributed by atoms with Crippen LogP contribution >= 0.6 is 0 Å². The molecular formula is C16H16O4. The minimum Gasteiger partial charge on any atom is -0.478 e. The molecule has 0 spiro atoms. The predicted octanol–water partition coefficient (Wildman–Crippen LogP) is 2.94. The molecule has 104 valence electrons. The third-order valence-corrected chi connectivity index (χ3v) is 3.97. The summed E-state index contributed by atoms with van der Waals surface area (Å²) in [6.45, 7) is 0. The van der Waals surface area contributed by atoms with Crippen LogP contribution < -0.4 is 0 Å². The summed E-state index contributed by atoms with van der Waals surface area (Å²) in [6.07, 6.45) is 4.48. The van der Waals surface area contributed by atoms with Gasteiger partial charge >= 0.3 is 5.97 Å². The molecule has 1 heterocycles. The average molecular weight is 272 g/mol. The summed E-state index contributed by atoms with van der Waals surface area (Å²) in [5.74, 6) is -0.941. The van der Waals surface area contributed by atoms with Crippen LogP contribution in [-0.4, -0.2) is 16.2 Å². The SMILES string of the molecule is O=C(O)c1ccoc1C1(O)CCCCc2ccccc21. The first kappa shape index (κ1) is 12.9. The van der Waals surface area contributed by atoms with E-state index in [9.17, 15) is 15.0 Å². The van der Waals surface area contributed by atoms with Gasteiger partial charge in [-0.15, -0.1) is 0 Å². The first-order chi connectivity index (χ1) is 9.63. The molecule has 1 aliphatic carbocycles. The van der Waals surface area contributed by atoms with Gasteiger partial charge < -0.3 is 14.6 Å². The number of carboxylic acid groups (broad SMARTS) is 1. The Labute approximate surface area is 116 Å². The van der Waals surface area contributed by atoms with E-state index in [-0.39, 0.29) is 11.3 Å². The quantitative estimate of drug-likeness (QED) is 0.825. The van der Waals surface area contributed by atoms with E-state index in [1.54, 1.807) is 0 Å². The molecule has 1 unspecified atom stereocenters. The lowest BCUT2D eigenvalue weighted by atomic mass is 9.84. The number of aromatic carboxylic acids is 1. The lowest BCUT2D eigenvalue weighted by Gasteiger charge is -2.27. The first-order valence-corrected chi connectivity index (χ1v) is 6.75. The zero-order valence-corrected chi connectivity index (χ0v) is 11.0. The van der Waals surface area contributed by atoms with Gasteiger partial charge in [-0.05, 0) is 42.9 Å². The van der Waals surface area contributed by atoms with Gasteiger partial charge in [-0.25, -0.2) is 4.79 Å². The number of fused-ring (bicyclic) bond motifs is 1. The molecule has 4 nitrogen and oxygen atoms in total. The van der Waals surface area contributed by atoms with Crippen molar-refractivity contribution < 1.29 is 19.4 Å². The van der Waals surface area contributed by atoms with E-state index in [2.05, 4.69) is 0 Å². The van der Waals surface area contributed by atoms with Gasteiger partial charge in [0.15, 0.2) is 5.76 Å². The fourth-order valence-electron chi connectivity index (χ4n) is 3.01. The minimum atomic E-state index is -1.36.